The summed E-state index contributed by atoms with van der Waals surface area (Å²) in [7, 11) is -2.15. The highest BCUT2D eigenvalue weighted by atomic mass is 79.9. The predicted molar refractivity (Wildman–Crippen MR) is 533 cm³/mol. The van der Waals surface area contributed by atoms with E-state index in [9.17, 15) is 19.2 Å². The molecule has 0 aliphatic carbocycles. The second-order valence-corrected chi connectivity index (χ2v) is 43.3. The number of anilines is 4. The highest BCUT2D eigenvalue weighted by molar-refractivity contribution is 9.10. The van der Waals surface area contributed by atoms with Crippen LogP contribution < -0.4 is 32.2 Å². The van der Waals surface area contributed by atoms with Gasteiger partial charge in [0.2, 0.25) is 0 Å². The summed E-state index contributed by atoms with van der Waals surface area (Å²) < 4.78 is 79.0. The van der Waals surface area contributed by atoms with Crippen molar-refractivity contribution in [2.75, 3.05) is 21.3 Å². The first-order valence-corrected chi connectivity index (χ1v) is 46.0. The number of nitrogens with zero attached hydrogens (tertiary/aromatic N) is 12. The average Bonchev–Trinajstić information content (AvgIpc) is 1.60. The maximum absolute atomic E-state index is 12.6. The summed E-state index contributed by atoms with van der Waals surface area (Å²) in [6.07, 6.45) is 5.00. The summed E-state index contributed by atoms with van der Waals surface area (Å²) >= 11 is 6.94. The zero-order valence-electron chi connectivity index (χ0n) is 82.8. The number of hydrogen-bond donors (Lipinski definition) is 4. The molecule has 4 aliphatic rings. The lowest BCUT2D eigenvalue weighted by Crippen LogP contribution is -2.41. The SMILES string of the molecule is CC1(C)OB(B2OC(C)(C)C(C)(C)O2)OC1(C)C.Cc1cccc(-n2cc3c(NC(=O)OC(C)(C)C)cc(B4OC(C)(C)C(C)(C)O4)cc3n2)n1.Cc1cccc(-n2cc3c(NC(=O)OC(C)(C)C)cc(Br)cc3n2)n1.Cc1cccc(-n2ncc3c(NC(=O)OC(C)(C)C)cc(B4OC(C)(C)C(C)(C)O4)cc32)n1.Cc1cccc(-n2ncc3c(NC(=O)OC(C)(C)C)cc(Br)cc32)n1. The van der Waals surface area contributed by atoms with Crippen LogP contribution in [-0.2, 0) is 56.2 Å². The molecular weight excluding hydrogens is 1840 g/mol. The van der Waals surface area contributed by atoms with Crippen molar-refractivity contribution >= 4 is 162 Å². The largest absolute Gasteiger partial charge is 0.494 e. The molecule has 16 rings (SSSR count). The van der Waals surface area contributed by atoms with Gasteiger partial charge in [0.1, 0.15) is 22.4 Å². The number of halogens is 2. The van der Waals surface area contributed by atoms with Gasteiger partial charge < -0.3 is 56.2 Å². The van der Waals surface area contributed by atoms with Crippen molar-refractivity contribution < 1.29 is 75.4 Å². The van der Waals surface area contributed by atoms with Gasteiger partial charge in [-0.1, -0.05) is 56.1 Å². The standard InChI is InChI=1S/2C24H31BN4O4.2C18H19BrN4O2.C12H24B2O4/c1-15-10-9-11-20(26-15)29-14-17-18(27-21(30)31-22(2,3)4)12-16(13-19(17)28-29)25-32-23(5,6)24(7,8)33-25;1-15-10-9-11-20(27-15)29-19-13-16(25-32-23(5,6)24(7,8)33-25)12-18(17(19)14-26-29)28-21(30)31-22(2,3)4;1-11-6-5-7-16(20-11)23-10-13-14(8-12(19)9-15(13)22-23)21-17(24)25-18(2,3)4;1-11-6-5-7-16(21-11)23-15-9-12(19)8-14(13(15)10-20-23)22-17(24)25-18(2,3)4;1-9(2)10(3,4)16-13(15-9)14-17-11(5,6)12(7,8)18-14/h9-14H,1-8H3,(H,27,30);9-14H,1-8H3,(H,28,30);5-10H,1-4H3,(H,21,24);5-10H,1-4H3,(H,22,24);1-8H3. The number of ether oxygens (including phenoxy) is 4. The van der Waals surface area contributed by atoms with Crippen LogP contribution in [0.1, 0.15) is 217 Å². The first-order valence-electron chi connectivity index (χ1n) is 44.4. The zero-order valence-corrected chi connectivity index (χ0v) is 86.0. The molecule has 32 nitrogen and oxygen atoms in total. The highest BCUT2D eigenvalue weighted by Gasteiger charge is 2.64. The van der Waals surface area contributed by atoms with Crippen LogP contribution in [0.2, 0.25) is 0 Å². The van der Waals surface area contributed by atoms with E-state index in [0.717, 1.165) is 92.4 Å². The van der Waals surface area contributed by atoms with Crippen LogP contribution in [0.5, 0.6) is 0 Å². The number of pyridine rings is 4. The Morgan fingerprint density at radius 1 is 0.336 bits per heavy atom. The number of fused-ring (bicyclic) bond motifs is 4. The summed E-state index contributed by atoms with van der Waals surface area (Å²) in [4.78, 5) is 67.6. The molecule has 0 atom stereocenters. The molecule has 4 saturated heterocycles. The molecule has 0 radical (unpaired) electrons. The molecule has 8 aromatic heterocycles. The van der Waals surface area contributed by atoms with E-state index in [2.05, 4.69) is 88.4 Å². The van der Waals surface area contributed by atoms with Crippen molar-refractivity contribution in [2.45, 2.75) is 289 Å². The number of rotatable bonds is 11. The van der Waals surface area contributed by atoms with E-state index in [0.29, 0.717) is 39.9 Å². The van der Waals surface area contributed by atoms with Gasteiger partial charge in [-0.15, -0.1) is 0 Å². The predicted octanol–water partition coefficient (Wildman–Crippen LogP) is 20.7. The first kappa shape index (κ1) is 102. The van der Waals surface area contributed by atoms with Gasteiger partial charge in [0.15, 0.2) is 23.3 Å². The maximum Gasteiger partial charge on any atom is 0.494 e. The second kappa shape index (κ2) is 38.1. The molecule has 4 aliphatic heterocycles. The third-order valence-corrected chi connectivity index (χ3v) is 24.3. The highest BCUT2D eigenvalue weighted by Crippen LogP contribution is 2.45. The molecule has 0 saturated carbocycles. The fourth-order valence-corrected chi connectivity index (χ4v) is 14.9. The topological polar surface area (TPSA) is 350 Å². The number of amides is 4. The molecule has 4 N–H and O–H groups in total. The summed E-state index contributed by atoms with van der Waals surface area (Å²) in [5, 5.41) is 32.7. The van der Waals surface area contributed by atoms with Gasteiger partial charge in [0.25, 0.3) is 0 Å². The molecule has 12 heterocycles. The van der Waals surface area contributed by atoms with Crippen LogP contribution in [0.4, 0.5) is 41.9 Å². The van der Waals surface area contributed by atoms with E-state index in [-0.39, 0.29) is 22.4 Å². The molecule has 0 bridgehead atoms. The Morgan fingerprint density at radius 2 is 0.597 bits per heavy atom. The van der Waals surface area contributed by atoms with Gasteiger partial charge in [-0.3, -0.25) is 21.3 Å². The van der Waals surface area contributed by atoms with Crippen molar-refractivity contribution in [3.8, 4) is 23.3 Å². The van der Waals surface area contributed by atoms with Crippen LogP contribution in [0.15, 0.2) is 155 Å². The third-order valence-electron chi connectivity index (χ3n) is 23.4. The molecule has 134 heavy (non-hydrogen) atoms. The maximum atomic E-state index is 12.6. The molecular formula is C96H124B4Br2N16O16. The van der Waals surface area contributed by atoms with Crippen molar-refractivity contribution in [3.05, 3.63) is 178 Å². The molecule has 38 heteroatoms. The van der Waals surface area contributed by atoms with Crippen LogP contribution in [-0.4, -0.2) is 179 Å². The lowest BCUT2D eigenvalue weighted by Gasteiger charge is -2.32. The lowest BCUT2D eigenvalue weighted by molar-refractivity contribution is 0.00578. The third kappa shape index (κ3) is 24.6. The first-order chi connectivity index (χ1) is 61.8. The van der Waals surface area contributed by atoms with E-state index in [1.54, 1.807) is 31.1 Å². The minimum Gasteiger partial charge on any atom is -0.444 e. The van der Waals surface area contributed by atoms with Gasteiger partial charge in [-0.25, -0.2) is 57.8 Å². The van der Waals surface area contributed by atoms with Crippen LogP contribution >= 0.6 is 31.9 Å². The van der Waals surface area contributed by atoms with Crippen molar-refractivity contribution in [3.63, 3.8) is 0 Å². The van der Waals surface area contributed by atoms with E-state index in [4.69, 9.17) is 61.3 Å². The number of nitrogens with one attached hydrogen (secondary N) is 4. The summed E-state index contributed by atoms with van der Waals surface area (Å²) in [5.41, 5.74) is 4.70. The van der Waals surface area contributed by atoms with Gasteiger partial charge in [0.05, 0.1) is 102 Å². The van der Waals surface area contributed by atoms with Gasteiger partial charge >= 0.3 is 52.6 Å². The molecule has 0 spiro atoms. The lowest BCUT2D eigenvalue weighted by atomic mass is 9.49. The Labute approximate surface area is 802 Å². The minimum absolute atomic E-state index is 0.360. The fraction of sp³-hybridized carbons (Fsp3) is 0.458. The molecule has 0 unspecified atom stereocenters. The van der Waals surface area contributed by atoms with Gasteiger partial charge in [0, 0.05) is 65.7 Å². The number of hydrogen-bond acceptors (Lipinski definition) is 24. The van der Waals surface area contributed by atoms with Gasteiger partial charge in [-0.2, -0.15) is 20.4 Å². The smallest absolute Gasteiger partial charge is 0.444 e. The number of carbonyl (C=O) groups is 4. The number of aryl methyl sites for hydroxylation is 4. The van der Waals surface area contributed by atoms with E-state index >= 15 is 0 Å². The Kier molecular flexibility index (Phi) is 29.1. The number of carbonyl (C=O) groups excluding carboxylic acids is 4. The zero-order chi connectivity index (χ0) is 98.7. The van der Waals surface area contributed by atoms with Crippen molar-refractivity contribution in [2.24, 2.45) is 0 Å². The minimum atomic E-state index is -0.623. The summed E-state index contributed by atoms with van der Waals surface area (Å²) in [6.45, 7) is 61.9. The summed E-state index contributed by atoms with van der Waals surface area (Å²) in [5.74, 6) is 2.80. The summed E-state index contributed by atoms with van der Waals surface area (Å²) in [6, 6.07) is 38.1. The van der Waals surface area contributed by atoms with Gasteiger partial charge in [-0.05, 0) is 330 Å². The quantitative estimate of drug-likeness (QED) is 0.0690. The number of aromatic nitrogens is 12. The van der Waals surface area contributed by atoms with Crippen LogP contribution in [0, 0.1) is 27.7 Å². The molecule has 4 amide bonds. The Morgan fingerprint density at radius 3 is 0.918 bits per heavy atom. The van der Waals surface area contributed by atoms with E-state index < -0.39 is 97.4 Å². The Hall–Kier alpha value is -10.7. The van der Waals surface area contributed by atoms with Crippen LogP contribution in [0.25, 0.3) is 66.9 Å². The molecule has 12 aromatic rings. The monoisotopic (exact) mass is 1960 g/mol. The number of benzene rings is 4. The van der Waals surface area contributed by atoms with E-state index in [1.165, 1.54) is 0 Å². The van der Waals surface area contributed by atoms with Crippen molar-refractivity contribution in [1.29, 1.82) is 0 Å². The molecule has 4 aromatic carbocycles. The van der Waals surface area contributed by atoms with Crippen LogP contribution in [0.3, 0.4) is 0 Å². The Balaban J connectivity index is 0.000000153. The van der Waals surface area contributed by atoms with E-state index in [1.807, 2.05) is 355 Å². The fourth-order valence-electron chi connectivity index (χ4n) is 14.0. The molecule has 4 fully saturated rings. The second-order valence-electron chi connectivity index (χ2n) is 41.5. The normalized spacial score (nSPS) is 17.2. The molecule has 710 valence electrons. The van der Waals surface area contributed by atoms with Crippen molar-refractivity contribution in [1.82, 2.24) is 59.1 Å². The average molecular weight is 1960 g/mol. The Bertz CT molecular complexity index is 6200.